The molecule has 1 rings (SSSR count). The molecule has 0 aromatic rings. The molecular formula is C7H9NO4. The molecule has 1 aliphatic heterocycles. The van der Waals surface area contributed by atoms with Crippen molar-refractivity contribution in [3.63, 3.8) is 0 Å². The number of carboxylic acid groups (broad SMARTS) is 2. The van der Waals surface area contributed by atoms with Gasteiger partial charge in [-0.3, -0.25) is 4.79 Å². The first kappa shape index (κ1) is 8.58. The highest BCUT2D eigenvalue weighted by atomic mass is 16.4. The van der Waals surface area contributed by atoms with Crippen LogP contribution in [-0.2, 0) is 9.59 Å². The molecule has 1 heterocycles. The molecule has 2 unspecified atom stereocenters. The van der Waals surface area contributed by atoms with Gasteiger partial charge in [0.2, 0.25) is 0 Å². The molecule has 0 aromatic heterocycles. The first-order valence-corrected chi connectivity index (χ1v) is 3.49. The number of hydrogen-bond acceptors (Lipinski definition) is 3. The Bertz CT molecular complexity index is 236. The molecule has 0 radical (unpaired) electrons. The van der Waals surface area contributed by atoms with E-state index in [1.165, 1.54) is 12.3 Å². The van der Waals surface area contributed by atoms with E-state index in [1.54, 1.807) is 0 Å². The maximum atomic E-state index is 10.5. The van der Waals surface area contributed by atoms with Crippen molar-refractivity contribution < 1.29 is 19.8 Å². The maximum Gasteiger partial charge on any atom is 0.326 e. The fourth-order valence-corrected chi connectivity index (χ4v) is 1.04. The summed E-state index contributed by atoms with van der Waals surface area (Å²) in [6.07, 6.45) is 2.92. The minimum absolute atomic E-state index is 0.0984. The van der Waals surface area contributed by atoms with E-state index in [2.05, 4.69) is 5.32 Å². The standard InChI is InChI=1S/C7H9NO4/c9-6(10)4-1-2-8-5(3-4)7(11)12/h1-2,4-5,8H,3H2,(H,9,10)(H,11,12). The van der Waals surface area contributed by atoms with Crippen molar-refractivity contribution in [2.24, 2.45) is 5.92 Å². The SMILES string of the molecule is O=C(O)C1C=CNC(C(=O)O)C1. The molecule has 0 fully saturated rings. The minimum Gasteiger partial charge on any atom is -0.481 e. The van der Waals surface area contributed by atoms with Crippen molar-refractivity contribution in [3.8, 4) is 0 Å². The van der Waals surface area contributed by atoms with Crippen molar-refractivity contribution in [1.29, 1.82) is 0 Å². The Morgan fingerprint density at radius 2 is 2.00 bits per heavy atom. The first-order chi connectivity index (χ1) is 5.61. The maximum absolute atomic E-state index is 10.5. The van der Waals surface area contributed by atoms with Crippen LogP contribution >= 0.6 is 0 Å². The lowest BCUT2D eigenvalue weighted by atomic mass is 9.97. The first-order valence-electron chi connectivity index (χ1n) is 3.49. The van der Waals surface area contributed by atoms with Gasteiger partial charge in [0.05, 0.1) is 5.92 Å². The van der Waals surface area contributed by atoms with Gasteiger partial charge in [-0.25, -0.2) is 4.79 Å². The fourth-order valence-electron chi connectivity index (χ4n) is 1.04. The molecule has 5 nitrogen and oxygen atoms in total. The lowest BCUT2D eigenvalue weighted by molar-refractivity contribution is -0.142. The van der Waals surface area contributed by atoms with Crippen LogP contribution in [0.25, 0.3) is 0 Å². The Morgan fingerprint density at radius 1 is 1.33 bits per heavy atom. The van der Waals surface area contributed by atoms with E-state index < -0.39 is 23.9 Å². The van der Waals surface area contributed by atoms with Crippen LogP contribution in [0.1, 0.15) is 6.42 Å². The quantitative estimate of drug-likeness (QED) is 0.528. The fraction of sp³-hybridized carbons (Fsp3) is 0.429. The van der Waals surface area contributed by atoms with Gasteiger partial charge < -0.3 is 15.5 Å². The summed E-state index contributed by atoms with van der Waals surface area (Å²) < 4.78 is 0. The molecule has 0 bridgehead atoms. The van der Waals surface area contributed by atoms with Crippen LogP contribution in [0.4, 0.5) is 0 Å². The zero-order chi connectivity index (χ0) is 9.14. The molecule has 0 aliphatic carbocycles. The summed E-state index contributed by atoms with van der Waals surface area (Å²) in [4.78, 5) is 20.9. The van der Waals surface area contributed by atoms with Gasteiger partial charge in [-0.1, -0.05) is 6.08 Å². The van der Waals surface area contributed by atoms with Crippen molar-refractivity contribution in [3.05, 3.63) is 12.3 Å². The van der Waals surface area contributed by atoms with Crippen molar-refractivity contribution in [2.45, 2.75) is 12.5 Å². The van der Waals surface area contributed by atoms with Crippen molar-refractivity contribution in [2.75, 3.05) is 0 Å². The number of nitrogens with one attached hydrogen (secondary N) is 1. The average Bonchev–Trinajstić information content (AvgIpc) is 2.04. The van der Waals surface area contributed by atoms with Crippen molar-refractivity contribution in [1.82, 2.24) is 5.32 Å². The summed E-state index contributed by atoms with van der Waals surface area (Å²) in [6, 6.07) is -0.781. The molecule has 5 heteroatoms. The Kier molecular flexibility index (Phi) is 2.32. The summed E-state index contributed by atoms with van der Waals surface area (Å²) in [6.45, 7) is 0. The predicted molar refractivity (Wildman–Crippen MR) is 39.4 cm³/mol. The molecule has 0 aromatic carbocycles. The van der Waals surface area contributed by atoms with E-state index >= 15 is 0 Å². The lowest BCUT2D eigenvalue weighted by Crippen LogP contribution is -2.39. The minimum atomic E-state index is -1.02. The number of hydrogen-bond donors (Lipinski definition) is 3. The van der Waals surface area contributed by atoms with E-state index in [1.807, 2.05) is 0 Å². The van der Waals surface area contributed by atoms with Gasteiger partial charge in [0.25, 0.3) is 0 Å². The third-order valence-electron chi connectivity index (χ3n) is 1.73. The van der Waals surface area contributed by atoms with Gasteiger partial charge in [0.15, 0.2) is 0 Å². The van der Waals surface area contributed by atoms with E-state index in [9.17, 15) is 9.59 Å². The van der Waals surface area contributed by atoms with Crippen LogP contribution in [0.2, 0.25) is 0 Å². The van der Waals surface area contributed by atoms with Gasteiger partial charge in [0.1, 0.15) is 6.04 Å². The highest BCUT2D eigenvalue weighted by Gasteiger charge is 2.26. The third kappa shape index (κ3) is 1.75. The van der Waals surface area contributed by atoms with Crippen LogP contribution in [-0.4, -0.2) is 28.2 Å². The summed E-state index contributed by atoms with van der Waals surface area (Å²) in [7, 11) is 0. The van der Waals surface area contributed by atoms with Gasteiger partial charge in [-0.2, -0.15) is 0 Å². The van der Waals surface area contributed by atoms with Gasteiger partial charge in [-0.15, -0.1) is 0 Å². The monoisotopic (exact) mass is 171 g/mol. The second kappa shape index (κ2) is 3.25. The molecule has 2 atom stereocenters. The van der Waals surface area contributed by atoms with E-state index in [-0.39, 0.29) is 6.42 Å². The average molecular weight is 171 g/mol. The summed E-state index contributed by atoms with van der Waals surface area (Å²) in [5, 5.41) is 19.7. The van der Waals surface area contributed by atoms with Crippen LogP contribution in [0, 0.1) is 5.92 Å². The normalized spacial score (nSPS) is 27.7. The second-order valence-corrected chi connectivity index (χ2v) is 2.60. The largest absolute Gasteiger partial charge is 0.481 e. The zero-order valence-corrected chi connectivity index (χ0v) is 6.23. The predicted octanol–water partition coefficient (Wildman–Crippen LogP) is -0.353. The lowest BCUT2D eigenvalue weighted by Gasteiger charge is -2.20. The van der Waals surface area contributed by atoms with E-state index in [0.29, 0.717) is 0 Å². The van der Waals surface area contributed by atoms with E-state index in [0.717, 1.165) is 0 Å². The molecule has 0 saturated heterocycles. The Hall–Kier alpha value is -1.52. The zero-order valence-electron chi connectivity index (χ0n) is 6.23. The summed E-state index contributed by atoms with van der Waals surface area (Å²) in [5.41, 5.74) is 0. The Morgan fingerprint density at radius 3 is 2.50 bits per heavy atom. The van der Waals surface area contributed by atoms with Gasteiger partial charge in [0, 0.05) is 0 Å². The highest BCUT2D eigenvalue weighted by Crippen LogP contribution is 2.13. The number of rotatable bonds is 2. The molecule has 12 heavy (non-hydrogen) atoms. The topological polar surface area (TPSA) is 86.6 Å². The van der Waals surface area contributed by atoms with Crippen LogP contribution in [0.15, 0.2) is 12.3 Å². The Labute approximate surface area is 68.7 Å². The van der Waals surface area contributed by atoms with E-state index in [4.69, 9.17) is 10.2 Å². The molecule has 1 aliphatic rings. The molecule has 0 amide bonds. The van der Waals surface area contributed by atoms with Gasteiger partial charge >= 0.3 is 11.9 Å². The third-order valence-corrected chi connectivity index (χ3v) is 1.73. The second-order valence-electron chi connectivity index (χ2n) is 2.60. The molecule has 66 valence electrons. The summed E-state index contributed by atoms with van der Waals surface area (Å²) in [5.74, 6) is -2.70. The smallest absolute Gasteiger partial charge is 0.326 e. The van der Waals surface area contributed by atoms with Crippen LogP contribution < -0.4 is 5.32 Å². The molecule has 0 spiro atoms. The Balaban J connectivity index is 2.63. The number of carbonyl (C=O) groups is 2. The number of carboxylic acids is 2. The van der Waals surface area contributed by atoms with Gasteiger partial charge in [-0.05, 0) is 12.6 Å². The van der Waals surface area contributed by atoms with Crippen LogP contribution in [0.3, 0.4) is 0 Å². The van der Waals surface area contributed by atoms with Crippen LogP contribution in [0.5, 0.6) is 0 Å². The number of aliphatic carboxylic acids is 2. The molecular weight excluding hydrogens is 162 g/mol. The van der Waals surface area contributed by atoms with Crippen molar-refractivity contribution >= 4 is 11.9 Å². The molecule has 0 saturated carbocycles. The molecule has 3 N–H and O–H groups in total. The summed E-state index contributed by atoms with van der Waals surface area (Å²) >= 11 is 0. The highest BCUT2D eigenvalue weighted by molar-refractivity contribution is 5.77.